The van der Waals surface area contributed by atoms with Crippen molar-refractivity contribution in [1.82, 2.24) is 24.9 Å². The summed E-state index contributed by atoms with van der Waals surface area (Å²) in [6, 6.07) is 9.18. The monoisotopic (exact) mass is 710 g/mol. The molecule has 14 heteroatoms. The number of benzene rings is 2. The number of nitrogens with one attached hydrogen (secondary N) is 2. The SMILES string of the molecule is O=C(CC1C(=O)N(CC(F)(F)F)Cc2c1cc(Br)c1[nH]nc(Br)c21)N1CCC(N2CCc3ccccc3NC2=O)CC1. The van der Waals surface area contributed by atoms with Gasteiger partial charge in [0.15, 0.2) is 0 Å². The zero-order valence-electron chi connectivity index (χ0n) is 22.3. The van der Waals surface area contributed by atoms with E-state index < -0.39 is 24.5 Å². The molecule has 0 saturated carbocycles. The number of alkyl halides is 3. The number of fused-ring (bicyclic) bond motifs is 4. The van der Waals surface area contributed by atoms with E-state index in [1.54, 1.807) is 11.0 Å². The summed E-state index contributed by atoms with van der Waals surface area (Å²) in [5, 5.41) is 10.6. The van der Waals surface area contributed by atoms with Crippen LogP contribution < -0.4 is 5.32 Å². The molecule has 6 rings (SSSR count). The Bertz CT molecular complexity index is 1570. The topological polar surface area (TPSA) is 102 Å². The number of carbonyl (C=O) groups is 3. The van der Waals surface area contributed by atoms with Gasteiger partial charge in [-0.05, 0) is 79.9 Å². The van der Waals surface area contributed by atoms with Crippen molar-refractivity contribution >= 4 is 66.3 Å². The molecule has 1 unspecified atom stereocenters. The second-order valence-corrected chi connectivity index (χ2v) is 12.5. The van der Waals surface area contributed by atoms with Crippen molar-refractivity contribution in [3.63, 3.8) is 0 Å². The number of piperidine rings is 1. The first-order valence-corrected chi connectivity index (χ1v) is 15.2. The van der Waals surface area contributed by atoms with Gasteiger partial charge < -0.3 is 20.0 Å². The third kappa shape index (κ3) is 5.50. The lowest BCUT2D eigenvalue weighted by molar-refractivity contribution is -0.165. The van der Waals surface area contributed by atoms with Gasteiger partial charge in [0.25, 0.3) is 0 Å². The van der Waals surface area contributed by atoms with E-state index in [2.05, 4.69) is 47.4 Å². The predicted molar refractivity (Wildman–Crippen MR) is 156 cm³/mol. The number of H-pyrrole nitrogens is 1. The fourth-order valence-electron chi connectivity index (χ4n) is 6.33. The van der Waals surface area contributed by atoms with Gasteiger partial charge in [-0.1, -0.05) is 18.2 Å². The number of aromatic amines is 1. The molecule has 1 saturated heterocycles. The molecule has 1 fully saturated rings. The van der Waals surface area contributed by atoms with E-state index >= 15 is 0 Å². The highest BCUT2D eigenvalue weighted by Crippen LogP contribution is 2.42. The molecule has 3 aromatic rings. The largest absolute Gasteiger partial charge is 0.406 e. The lowest BCUT2D eigenvalue weighted by atomic mass is 9.84. The first kappa shape index (κ1) is 29.0. The molecule has 3 aliphatic heterocycles. The quantitative estimate of drug-likeness (QED) is 0.371. The molecule has 4 heterocycles. The fraction of sp³-hybridized carbons (Fsp3) is 0.429. The predicted octanol–water partition coefficient (Wildman–Crippen LogP) is 5.55. The number of hydrogen-bond acceptors (Lipinski definition) is 4. The van der Waals surface area contributed by atoms with Crippen molar-refractivity contribution in [2.75, 3.05) is 31.5 Å². The summed E-state index contributed by atoms with van der Waals surface area (Å²) in [5.41, 5.74) is 3.52. The number of likely N-dealkylation sites (tertiary alicyclic amines) is 1. The molecule has 2 N–H and O–H groups in total. The van der Waals surface area contributed by atoms with Crippen molar-refractivity contribution in [3.05, 3.63) is 56.1 Å². The molecular formula is C28H27Br2F3N6O3. The number of urea groups is 1. The summed E-state index contributed by atoms with van der Waals surface area (Å²) < 4.78 is 41.4. The van der Waals surface area contributed by atoms with Crippen LogP contribution in [-0.4, -0.2) is 81.1 Å². The summed E-state index contributed by atoms with van der Waals surface area (Å²) in [7, 11) is 0. The number of hydrogen-bond donors (Lipinski definition) is 2. The lowest BCUT2D eigenvalue weighted by Gasteiger charge is -2.39. The molecule has 4 amide bonds. The molecule has 42 heavy (non-hydrogen) atoms. The Balaban J connectivity index is 1.19. The number of para-hydroxylation sites is 1. The summed E-state index contributed by atoms with van der Waals surface area (Å²) in [4.78, 5) is 44.2. The molecule has 0 bridgehead atoms. The van der Waals surface area contributed by atoms with Crippen LogP contribution in [0, 0.1) is 0 Å². The van der Waals surface area contributed by atoms with Gasteiger partial charge in [-0.2, -0.15) is 18.3 Å². The molecule has 222 valence electrons. The van der Waals surface area contributed by atoms with Crippen molar-refractivity contribution in [2.45, 2.75) is 50.4 Å². The summed E-state index contributed by atoms with van der Waals surface area (Å²) in [6.45, 7) is -0.313. The standard InChI is InChI=1S/C28H27Br2F3N6O3/c29-20-11-17-18(26(41)38(14-28(31,32)33)13-19(17)23-24(20)35-36-25(23)30)12-22(40)37-8-6-16(7-9-37)39-10-5-15-3-1-2-4-21(15)34-27(39)42/h1-4,11,16,18H,5-10,12-14H2,(H,34,42)(H,35,36). The van der Waals surface area contributed by atoms with Crippen LogP contribution in [-0.2, 0) is 22.6 Å². The Hall–Kier alpha value is -3.13. The highest BCUT2D eigenvalue weighted by atomic mass is 79.9. The Morgan fingerprint density at radius 1 is 1.10 bits per heavy atom. The molecule has 1 aromatic heterocycles. The summed E-state index contributed by atoms with van der Waals surface area (Å²) in [6.07, 6.45) is -2.98. The highest BCUT2D eigenvalue weighted by Gasteiger charge is 2.42. The van der Waals surface area contributed by atoms with Crippen LogP contribution in [0.25, 0.3) is 10.9 Å². The van der Waals surface area contributed by atoms with Crippen LogP contribution >= 0.6 is 31.9 Å². The molecule has 0 radical (unpaired) electrons. The van der Waals surface area contributed by atoms with Crippen molar-refractivity contribution < 1.29 is 27.6 Å². The van der Waals surface area contributed by atoms with Gasteiger partial charge in [0.05, 0.1) is 11.4 Å². The van der Waals surface area contributed by atoms with Gasteiger partial charge >= 0.3 is 12.2 Å². The van der Waals surface area contributed by atoms with Crippen LogP contribution in [0.4, 0.5) is 23.7 Å². The second kappa shape index (κ2) is 11.2. The zero-order valence-corrected chi connectivity index (χ0v) is 25.5. The maximum absolute atomic E-state index is 13.5. The van der Waals surface area contributed by atoms with Crippen LogP contribution in [0.3, 0.4) is 0 Å². The van der Waals surface area contributed by atoms with Crippen molar-refractivity contribution in [3.8, 4) is 0 Å². The number of aromatic nitrogens is 2. The highest BCUT2D eigenvalue weighted by molar-refractivity contribution is 9.11. The minimum Gasteiger partial charge on any atom is -0.343 e. The number of nitrogens with zero attached hydrogens (tertiary/aromatic N) is 4. The molecule has 3 aliphatic rings. The summed E-state index contributed by atoms with van der Waals surface area (Å²) in [5.74, 6) is -2.10. The third-order valence-electron chi connectivity index (χ3n) is 8.38. The second-order valence-electron chi connectivity index (χ2n) is 10.9. The van der Waals surface area contributed by atoms with E-state index in [-0.39, 0.29) is 30.9 Å². The molecule has 2 aromatic carbocycles. The Morgan fingerprint density at radius 3 is 2.57 bits per heavy atom. The van der Waals surface area contributed by atoms with E-state index in [0.717, 1.165) is 22.6 Å². The van der Waals surface area contributed by atoms with Gasteiger partial charge in [-0.3, -0.25) is 14.7 Å². The number of carbonyl (C=O) groups excluding carboxylic acids is 3. The average molecular weight is 712 g/mol. The summed E-state index contributed by atoms with van der Waals surface area (Å²) >= 11 is 6.85. The van der Waals surface area contributed by atoms with Crippen LogP contribution in [0.5, 0.6) is 0 Å². The van der Waals surface area contributed by atoms with Crippen molar-refractivity contribution in [1.29, 1.82) is 0 Å². The van der Waals surface area contributed by atoms with E-state index in [1.807, 2.05) is 29.2 Å². The van der Waals surface area contributed by atoms with Crippen LogP contribution in [0.1, 0.15) is 41.9 Å². The zero-order chi connectivity index (χ0) is 29.8. The maximum Gasteiger partial charge on any atom is 0.406 e. The van der Waals surface area contributed by atoms with Crippen molar-refractivity contribution in [2.24, 2.45) is 0 Å². The minimum atomic E-state index is -4.59. The minimum absolute atomic E-state index is 0.0506. The first-order chi connectivity index (χ1) is 20.0. The van der Waals surface area contributed by atoms with Crippen LogP contribution in [0.2, 0.25) is 0 Å². The molecule has 0 spiro atoms. The van der Waals surface area contributed by atoms with E-state index in [4.69, 9.17) is 0 Å². The van der Waals surface area contributed by atoms with Crippen LogP contribution in [0.15, 0.2) is 39.4 Å². The molecule has 1 atom stereocenters. The molecular weight excluding hydrogens is 685 g/mol. The normalized spacial score (nSPS) is 19.9. The third-order valence-corrected chi connectivity index (χ3v) is 9.58. The van der Waals surface area contributed by atoms with Gasteiger partial charge in [0.1, 0.15) is 11.1 Å². The first-order valence-electron chi connectivity index (χ1n) is 13.6. The number of amides is 4. The van der Waals surface area contributed by atoms with E-state index in [9.17, 15) is 27.6 Å². The maximum atomic E-state index is 13.5. The average Bonchev–Trinajstić information content (AvgIpc) is 3.25. The number of halogens is 5. The van der Waals surface area contributed by atoms with Gasteiger partial charge in [0.2, 0.25) is 11.8 Å². The lowest BCUT2D eigenvalue weighted by Crippen LogP contribution is -2.50. The Morgan fingerprint density at radius 2 is 1.83 bits per heavy atom. The smallest absolute Gasteiger partial charge is 0.343 e. The van der Waals surface area contributed by atoms with Gasteiger partial charge in [-0.15, -0.1) is 0 Å². The van der Waals surface area contributed by atoms with Gasteiger partial charge in [-0.25, -0.2) is 4.79 Å². The van der Waals surface area contributed by atoms with E-state index in [0.29, 0.717) is 63.6 Å². The van der Waals surface area contributed by atoms with E-state index in [1.165, 1.54) is 0 Å². The Kier molecular flexibility index (Phi) is 7.71. The fourth-order valence-corrected chi connectivity index (χ4v) is 7.39. The molecule has 9 nitrogen and oxygen atoms in total. The number of anilines is 1. The Labute approximate surface area is 256 Å². The molecule has 0 aliphatic carbocycles. The number of rotatable bonds is 4. The van der Waals surface area contributed by atoms with Gasteiger partial charge in [0, 0.05) is 54.2 Å².